The highest BCUT2D eigenvalue weighted by molar-refractivity contribution is 9.10. The number of halogens is 2. The van der Waals surface area contributed by atoms with E-state index in [-0.39, 0.29) is 22.2 Å². The largest absolute Gasteiger partial charge is 0.506 e. The minimum Gasteiger partial charge on any atom is -0.506 e. The Hall–Kier alpha value is -0.650. The molecule has 1 saturated heterocycles. The van der Waals surface area contributed by atoms with Crippen molar-refractivity contribution in [2.45, 2.75) is 18.9 Å². The first kappa shape index (κ1) is 12.8. The maximum absolute atomic E-state index is 13.2. The molecule has 0 radical (unpaired) electrons. The Kier molecular flexibility index (Phi) is 4.01. The van der Waals surface area contributed by atoms with Gasteiger partial charge in [-0.15, -0.1) is 0 Å². The molecule has 94 valence electrons. The van der Waals surface area contributed by atoms with Crippen molar-refractivity contribution in [1.82, 2.24) is 0 Å². The predicted octanol–water partition coefficient (Wildman–Crippen LogP) is 2.72. The first-order valence-corrected chi connectivity index (χ1v) is 6.40. The number of hydrogen-bond donors (Lipinski definition) is 2. The molecule has 0 aliphatic carbocycles. The average Bonchev–Trinajstić information content (AvgIpc) is 2.36. The molecule has 0 bridgehead atoms. The quantitative estimate of drug-likeness (QED) is 0.883. The number of hydrogen-bond acceptors (Lipinski definition) is 3. The van der Waals surface area contributed by atoms with E-state index in [4.69, 9.17) is 10.5 Å². The summed E-state index contributed by atoms with van der Waals surface area (Å²) in [5, 5.41) is 9.88. The van der Waals surface area contributed by atoms with Gasteiger partial charge in [0.15, 0.2) is 0 Å². The van der Waals surface area contributed by atoms with Crippen LogP contribution < -0.4 is 5.73 Å². The molecule has 1 aromatic carbocycles. The number of phenolic OH excluding ortho intramolecular Hbond substituents is 1. The van der Waals surface area contributed by atoms with Crippen LogP contribution in [0.25, 0.3) is 0 Å². The van der Waals surface area contributed by atoms with Crippen molar-refractivity contribution in [3.63, 3.8) is 0 Å². The first-order valence-electron chi connectivity index (χ1n) is 5.61. The molecule has 0 aromatic heterocycles. The minimum atomic E-state index is -0.481. The van der Waals surface area contributed by atoms with Gasteiger partial charge in [-0.05, 0) is 40.8 Å². The van der Waals surface area contributed by atoms with Crippen molar-refractivity contribution in [3.05, 3.63) is 28.0 Å². The standard InChI is InChI=1S/C12H15BrFNO2/c13-10-9(14)2-1-8(12(10)16)11(15)7-3-5-17-6-4-7/h1-2,7,11,16H,3-6,15H2/t11-/m1/s1. The number of ether oxygens (including phenoxy) is 1. The maximum Gasteiger partial charge on any atom is 0.141 e. The van der Waals surface area contributed by atoms with Crippen LogP contribution in [-0.4, -0.2) is 18.3 Å². The molecule has 3 N–H and O–H groups in total. The van der Waals surface area contributed by atoms with Crippen molar-refractivity contribution < 1.29 is 14.2 Å². The van der Waals surface area contributed by atoms with E-state index in [1.54, 1.807) is 6.07 Å². The van der Waals surface area contributed by atoms with Gasteiger partial charge in [0.05, 0.1) is 4.47 Å². The van der Waals surface area contributed by atoms with Crippen LogP contribution in [0.4, 0.5) is 4.39 Å². The van der Waals surface area contributed by atoms with Gasteiger partial charge in [-0.3, -0.25) is 0 Å². The molecule has 17 heavy (non-hydrogen) atoms. The summed E-state index contributed by atoms with van der Waals surface area (Å²) in [4.78, 5) is 0. The Morgan fingerprint density at radius 1 is 1.41 bits per heavy atom. The van der Waals surface area contributed by atoms with Crippen LogP contribution in [0.1, 0.15) is 24.4 Å². The number of phenols is 1. The SMILES string of the molecule is N[C@@H](c1ccc(F)c(Br)c1O)C1CCOCC1. The molecule has 0 saturated carbocycles. The van der Waals surface area contributed by atoms with Crippen molar-refractivity contribution in [2.24, 2.45) is 11.7 Å². The number of nitrogens with two attached hydrogens (primary N) is 1. The molecule has 0 amide bonds. The van der Waals surface area contributed by atoms with Gasteiger partial charge in [-0.1, -0.05) is 6.07 Å². The summed E-state index contributed by atoms with van der Waals surface area (Å²) in [5.74, 6) is -0.304. The second kappa shape index (κ2) is 5.33. The second-order valence-electron chi connectivity index (χ2n) is 4.27. The summed E-state index contributed by atoms with van der Waals surface area (Å²) in [7, 11) is 0. The summed E-state index contributed by atoms with van der Waals surface area (Å²) in [5.41, 5.74) is 6.72. The van der Waals surface area contributed by atoms with Gasteiger partial charge in [0.25, 0.3) is 0 Å². The van der Waals surface area contributed by atoms with Crippen LogP contribution >= 0.6 is 15.9 Å². The molecule has 2 rings (SSSR count). The Bertz CT molecular complexity index is 408. The summed E-state index contributed by atoms with van der Waals surface area (Å²) in [6.07, 6.45) is 1.74. The lowest BCUT2D eigenvalue weighted by molar-refractivity contribution is 0.0581. The topological polar surface area (TPSA) is 55.5 Å². The lowest BCUT2D eigenvalue weighted by atomic mass is 9.87. The highest BCUT2D eigenvalue weighted by Gasteiger charge is 2.25. The van der Waals surface area contributed by atoms with Crippen LogP contribution in [-0.2, 0) is 4.74 Å². The Morgan fingerprint density at radius 3 is 2.71 bits per heavy atom. The summed E-state index contributed by atoms with van der Waals surface area (Å²) in [6, 6.07) is 2.59. The number of aromatic hydroxyl groups is 1. The Balaban J connectivity index is 2.24. The van der Waals surface area contributed by atoms with Crippen LogP contribution in [0.2, 0.25) is 0 Å². The van der Waals surface area contributed by atoms with E-state index >= 15 is 0 Å². The van der Waals surface area contributed by atoms with Gasteiger partial charge in [0.1, 0.15) is 11.6 Å². The highest BCUT2D eigenvalue weighted by atomic mass is 79.9. The molecule has 0 spiro atoms. The molecule has 1 atom stereocenters. The molecular formula is C12H15BrFNO2. The molecule has 5 heteroatoms. The van der Waals surface area contributed by atoms with Crippen molar-refractivity contribution in [2.75, 3.05) is 13.2 Å². The third-order valence-electron chi connectivity index (χ3n) is 3.23. The van der Waals surface area contributed by atoms with Crippen molar-refractivity contribution in [1.29, 1.82) is 0 Å². The van der Waals surface area contributed by atoms with Gasteiger partial charge in [-0.25, -0.2) is 4.39 Å². The summed E-state index contributed by atoms with van der Waals surface area (Å²) < 4.78 is 18.6. The molecule has 1 heterocycles. The molecule has 0 unspecified atom stereocenters. The van der Waals surface area contributed by atoms with Crippen molar-refractivity contribution >= 4 is 15.9 Å². The lowest BCUT2D eigenvalue weighted by Gasteiger charge is -2.28. The van der Waals surface area contributed by atoms with Gasteiger partial charge < -0.3 is 15.6 Å². The zero-order valence-electron chi connectivity index (χ0n) is 9.33. The second-order valence-corrected chi connectivity index (χ2v) is 5.07. The van der Waals surface area contributed by atoms with Gasteiger partial charge >= 0.3 is 0 Å². The maximum atomic E-state index is 13.2. The molecule has 3 nitrogen and oxygen atoms in total. The first-order chi connectivity index (χ1) is 8.11. The minimum absolute atomic E-state index is 0.0810. The fourth-order valence-electron chi connectivity index (χ4n) is 2.15. The summed E-state index contributed by atoms with van der Waals surface area (Å²) in [6.45, 7) is 1.39. The van der Waals surface area contributed by atoms with E-state index in [0.717, 1.165) is 12.8 Å². The van der Waals surface area contributed by atoms with E-state index in [1.807, 2.05) is 0 Å². The van der Waals surface area contributed by atoms with E-state index in [9.17, 15) is 9.50 Å². The molecule has 1 aliphatic heterocycles. The van der Waals surface area contributed by atoms with Crippen LogP contribution in [0.15, 0.2) is 16.6 Å². The van der Waals surface area contributed by atoms with Gasteiger partial charge in [-0.2, -0.15) is 0 Å². The predicted molar refractivity (Wildman–Crippen MR) is 66.2 cm³/mol. The van der Waals surface area contributed by atoms with Gasteiger partial charge in [0.2, 0.25) is 0 Å². The van der Waals surface area contributed by atoms with E-state index in [2.05, 4.69) is 15.9 Å². The van der Waals surface area contributed by atoms with Crippen molar-refractivity contribution in [3.8, 4) is 5.75 Å². The Labute approximate surface area is 108 Å². The van der Waals surface area contributed by atoms with E-state index < -0.39 is 5.82 Å². The molecule has 1 fully saturated rings. The fourth-order valence-corrected chi connectivity index (χ4v) is 2.51. The molecule has 1 aliphatic rings. The third-order valence-corrected chi connectivity index (χ3v) is 3.99. The van der Waals surface area contributed by atoms with Crippen LogP contribution in [0.5, 0.6) is 5.75 Å². The smallest absolute Gasteiger partial charge is 0.141 e. The number of benzene rings is 1. The zero-order chi connectivity index (χ0) is 12.4. The van der Waals surface area contributed by atoms with Crippen LogP contribution in [0, 0.1) is 11.7 Å². The Morgan fingerprint density at radius 2 is 2.06 bits per heavy atom. The lowest BCUT2D eigenvalue weighted by Crippen LogP contribution is -2.27. The average molecular weight is 304 g/mol. The van der Waals surface area contributed by atoms with E-state index in [1.165, 1.54) is 6.07 Å². The monoisotopic (exact) mass is 303 g/mol. The number of rotatable bonds is 2. The highest BCUT2D eigenvalue weighted by Crippen LogP contribution is 2.37. The zero-order valence-corrected chi connectivity index (χ0v) is 10.9. The summed E-state index contributed by atoms with van der Waals surface area (Å²) >= 11 is 3.02. The van der Waals surface area contributed by atoms with Crippen LogP contribution in [0.3, 0.4) is 0 Å². The fraction of sp³-hybridized carbons (Fsp3) is 0.500. The normalized spacial score (nSPS) is 19.2. The third kappa shape index (κ3) is 2.61. The molecule has 1 aromatic rings. The van der Waals surface area contributed by atoms with E-state index in [0.29, 0.717) is 18.8 Å². The molecular weight excluding hydrogens is 289 g/mol. The van der Waals surface area contributed by atoms with Gasteiger partial charge in [0, 0.05) is 24.8 Å².